The summed E-state index contributed by atoms with van der Waals surface area (Å²) in [6, 6.07) is 4.00. The average Bonchev–Trinajstić information content (AvgIpc) is 2.26. The molecule has 17 heavy (non-hydrogen) atoms. The SMILES string of the molecule is NCC(NS(=O)(=O)c1ccc(Cl)cc1)C(=O)O. The Morgan fingerprint density at radius 2 is 1.94 bits per heavy atom. The minimum absolute atomic E-state index is 0.0680. The first-order chi connectivity index (χ1) is 7.86. The third-order valence-corrected chi connectivity index (χ3v) is 3.69. The highest BCUT2D eigenvalue weighted by Crippen LogP contribution is 2.14. The molecule has 0 bridgehead atoms. The van der Waals surface area contributed by atoms with Crippen molar-refractivity contribution in [1.82, 2.24) is 4.72 Å². The Morgan fingerprint density at radius 3 is 2.35 bits per heavy atom. The van der Waals surface area contributed by atoms with Gasteiger partial charge in [-0.3, -0.25) is 4.79 Å². The summed E-state index contributed by atoms with van der Waals surface area (Å²) in [5.41, 5.74) is 5.15. The van der Waals surface area contributed by atoms with Crippen molar-refractivity contribution in [2.75, 3.05) is 6.54 Å². The molecule has 94 valence electrons. The third-order valence-electron chi connectivity index (χ3n) is 1.96. The zero-order valence-corrected chi connectivity index (χ0v) is 10.2. The fraction of sp³-hybridized carbons (Fsp3) is 0.222. The van der Waals surface area contributed by atoms with Crippen LogP contribution in [0.2, 0.25) is 5.02 Å². The monoisotopic (exact) mass is 278 g/mol. The fourth-order valence-electron chi connectivity index (χ4n) is 1.07. The Bertz CT molecular complexity index is 500. The smallest absolute Gasteiger partial charge is 0.323 e. The van der Waals surface area contributed by atoms with Gasteiger partial charge in [0.25, 0.3) is 0 Å². The van der Waals surface area contributed by atoms with E-state index in [9.17, 15) is 13.2 Å². The van der Waals surface area contributed by atoms with E-state index < -0.39 is 22.0 Å². The number of carboxylic acids is 1. The number of benzene rings is 1. The Balaban J connectivity index is 2.96. The van der Waals surface area contributed by atoms with Crippen LogP contribution < -0.4 is 10.5 Å². The van der Waals surface area contributed by atoms with Crippen molar-refractivity contribution in [1.29, 1.82) is 0 Å². The second-order valence-electron chi connectivity index (χ2n) is 3.20. The van der Waals surface area contributed by atoms with Crippen molar-refractivity contribution in [3.63, 3.8) is 0 Å². The summed E-state index contributed by atoms with van der Waals surface area (Å²) in [6.07, 6.45) is 0. The normalized spacial score (nSPS) is 13.3. The molecule has 1 rings (SSSR count). The van der Waals surface area contributed by atoms with Gasteiger partial charge in [-0.1, -0.05) is 11.6 Å². The highest BCUT2D eigenvalue weighted by Gasteiger charge is 2.23. The fourth-order valence-corrected chi connectivity index (χ4v) is 2.40. The van der Waals surface area contributed by atoms with Crippen LogP contribution in [0.5, 0.6) is 0 Å². The van der Waals surface area contributed by atoms with E-state index in [1.165, 1.54) is 24.3 Å². The van der Waals surface area contributed by atoms with Gasteiger partial charge in [-0.25, -0.2) is 8.42 Å². The summed E-state index contributed by atoms with van der Waals surface area (Å²) < 4.78 is 25.5. The molecule has 0 aliphatic rings. The number of halogens is 1. The molecule has 0 amide bonds. The highest BCUT2D eigenvalue weighted by molar-refractivity contribution is 7.89. The largest absolute Gasteiger partial charge is 0.480 e. The van der Waals surface area contributed by atoms with E-state index in [-0.39, 0.29) is 11.4 Å². The summed E-state index contributed by atoms with van der Waals surface area (Å²) in [5, 5.41) is 9.09. The summed E-state index contributed by atoms with van der Waals surface area (Å²) in [5.74, 6) is -1.33. The predicted octanol–water partition coefficient (Wildman–Crippen LogP) is 0.0302. The Labute approximate surface area is 103 Å². The lowest BCUT2D eigenvalue weighted by molar-refractivity contribution is -0.138. The molecule has 0 aliphatic carbocycles. The average molecular weight is 279 g/mol. The number of rotatable bonds is 5. The molecule has 8 heteroatoms. The molecule has 0 radical (unpaired) electrons. The minimum atomic E-state index is -3.90. The molecule has 4 N–H and O–H groups in total. The molecule has 6 nitrogen and oxygen atoms in total. The van der Waals surface area contributed by atoms with Crippen molar-refractivity contribution in [2.24, 2.45) is 5.73 Å². The van der Waals surface area contributed by atoms with Gasteiger partial charge in [0.05, 0.1) is 4.90 Å². The maximum atomic E-state index is 11.7. The summed E-state index contributed by atoms with van der Waals surface area (Å²) >= 11 is 5.62. The molecular formula is C9H11ClN2O4S. The second kappa shape index (κ2) is 5.46. The number of carboxylic acid groups (broad SMARTS) is 1. The van der Waals surface area contributed by atoms with E-state index in [1.807, 2.05) is 4.72 Å². The van der Waals surface area contributed by atoms with E-state index >= 15 is 0 Å². The first-order valence-corrected chi connectivity index (χ1v) is 6.43. The molecule has 1 atom stereocenters. The molecule has 1 aromatic carbocycles. The summed E-state index contributed by atoms with van der Waals surface area (Å²) in [6.45, 7) is -0.331. The number of aliphatic carboxylic acids is 1. The molecular weight excluding hydrogens is 268 g/mol. The van der Waals surface area contributed by atoms with Gasteiger partial charge in [-0.15, -0.1) is 0 Å². The Morgan fingerprint density at radius 1 is 1.41 bits per heavy atom. The molecule has 0 fully saturated rings. The van der Waals surface area contributed by atoms with Crippen LogP contribution in [0.1, 0.15) is 0 Å². The van der Waals surface area contributed by atoms with Gasteiger partial charge in [-0.2, -0.15) is 4.72 Å². The van der Waals surface area contributed by atoms with Crippen LogP contribution >= 0.6 is 11.6 Å². The van der Waals surface area contributed by atoms with Gasteiger partial charge >= 0.3 is 5.97 Å². The van der Waals surface area contributed by atoms with Crippen molar-refractivity contribution < 1.29 is 18.3 Å². The molecule has 0 heterocycles. The van der Waals surface area contributed by atoms with Crippen LogP contribution in [0.3, 0.4) is 0 Å². The van der Waals surface area contributed by atoms with E-state index in [0.29, 0.717) is 5.02 Å². The lowest BCUT2D eigenvalue weighted by atomic mass is 10.3. The van der Waals surface area contributed by atoms with Gasteiger partial charge in [0.2, 0.25) is 10.0 Å². The maximum Gasteiger partial charge on any atom is 0.323 e. The van der Waals surface area contributed by atoms with E-state index in [4.69, 9.17) is 22.4 Å². The molecule has 0 spiro atoms. The Hall–Kier alpha value is -1.15. The lowest BCUT2D eigenvalue weighted by Crippen LogP contribution is -2.45. The first kappa shape index (κ1) is 13.9. The quantitative estimate of drug-likeness (QED) is 0.704. The van der Waals surface area contributed by atoms with Crippen molar-refractivity contribution >= 4 is 27.6 Å². The zero-order valence-electron chi connectivity index (χ0n) is 8.63. The lowest BCUT2D eigenvalue weighted by Gasteiger charge is -2.12. The molecule has 0 saturated carbocycles. The van der Waals surface area contributed by atoms with Gasteiger partial charge < -0.3 is 10.8 Å². The standard InChI is InChI=1S/C9H11ClN2O4S/c10-6-1-3-7(4-2-6)17(15,16)12-8(5-11)9(13)14/h1-4,8,12H,5,11H2,(H,13,14). The van der Waals surface area contributed by atoms with E-state index in [2.05, 4.69) is 0 Å². The number of hydrogen-bond donors (Lipinski definition) is 3. The van der Waals surface area contributed by atoms with Gasteiger partial charge in [-0.05, 0) is 24.3 Å². The third kappa shape index (κ3) is 3.67. The van der Waals surface area contributed by atoms with Crippen LogP contribution in [-0.2, 0) is 14.8 Å². The Kier molecular flexibility index (Phi) is 4.47. The van der Waals surface area contributed by atoms with Crippen LogP contribution in [0, 0.1) is 0 Å². The van der Waals surface area contributed by atoms with Crippen LogP contribution in [0.15, 0.2) is 29.2 Å². The van der Waals surface area contributed by atoms with Crippen molar-refractivity contribution in [3.05, 3.63) is 29.3 Å². The molecule has 0 aromatic heterocycles. The van der Waals surface area contributed by atoms with Crippen LogP contribution in [0.4, 0.5) is 0 Å². The van der Waals surface area contributed by atoms with Gasteiger partial charge in [0.15, 0.2) is 0 Å². The van der Waals surface area contributed by atoms with Crippen molar-refractivity contribution in [2.45, 2.75) is 10.9 Å². The number of nitrogens with one attached hydrogen (secondary N) is 1. The van der Waals surface area contributed by atoms with Crippen LogP contribution in [-0.4, -0.2) is 32.1 Å². The molecule has 0 aliphatic heterocycles. The molecule has 1 unspecified atom stereocenters. The first-order valence-electron chi connectivity index (χ1n) is 4.57. The molecule has 0 saturated heterocycles. The predicted molar refractivity (Wildman–Crippen MR) is 62.3 cm³/mol. The van der Waals surface area contributed by atoms with Gasteiger partial charge in [0.1, 0.15) is 6.04 Å². The summed E-state index contributed by atoms with van der Waals surface area (Å²) in [4.78, 5) is 10.6. The highest BCUT2D eigenvalue weighted by atomic mass is 35.5. The maximum absolute atomic E-state index is 11.7. The minimum Gasteiger partial charge on any atom is -0.480 e. The van der Waals surface area contributed by atoms with Crippen molar-refractivity contribution in [3.8, 4) is 0 Å². The number of sulfonamides is 1. The van der Waals surface area contributed by atoms with Gasteiger partial charge in [0, 0.05) is 11.6 Å². The summed E-state index contributed by atoms with van der Waals surface area (Å²) in [7, 11) is -3.90. The molecule has 1 aromatic rings. The van der Waals surface area contributed by atoms with Crippen LogP contribution in [0.25, 0.3) is 0 Å². The topological polar surface area (TPSA) is 109 Å². The van der Waals surface area contributed by atoms with E-state index in [0.717, 1.165) is 0 Å². The zero-order chi connectivity index (χ0) is 13.1. The number of hydrogen-bond acceptors (Lipinski definition) is 4. The number of nitrogens with two attached hydrogens (primary N) is 1. The van der Waals surface area contributed by atoms with E-state index in [1.54, 1.807) is 0 Å². The number of carbonyl (C=O) groups is 1. The second-order valence-corrected chi connectivity index (χ2v) is 5.35.